The van der Waals surface area contributed by atoms with E-state index >= 15 is 0 Å². The maximum absolute atomic E-state index is 12.9. The molecule has 8 heteroatoms. The fourth-order valence-corrected chi connectivity index (χ4v) is 4.54. The zero-order chi connectivity index (χ0) is 22.0. The summed E-state index contributed by atoms with van der Waals surface area (Å²) >= 11 is 1.52. The van der Waals surface area contributed by atoms with E-state index in [1.165, 1.54) is 11.3 Å². The molecule has 1 unspecified atom stereocenters. The van der Waals surface area contributed by atoms with Crippen LogP contribution in [0.15, 0.2) is 54.6 Å². The van der Waals surface area contributed by atoms with Gasteiger partial charge in [-0.25, -0.2) is 14.7 Å². The van der Waals surface area contributed by atoms with Crippen molar-refractivity contribution in [3.8, 4) is 10.6 Å². The van der Waals surface area contributed by atoms with Crippen LogP contribution in [0.3, 0.4) is 0 Å². The molecule has 2 N–H and O–H groups in total. The number of anilines is 1. The zero-order valence-corrected chi connectivity index (χ0v) is 18.0. The van der Waals surface area contributed by atoms with Gasteiger partial charge in [0.15, 0.2) is 0 Å². The van der Waals surface area contributed by atoms with E-state index in [0.717, 1.165) is 31.6 Å². The summed E-state index contributed by atoms with van der Waals surface area (Å²) in [5.41, 5.74) is 3.48. The highest BCUT2D eigenvalue weighted by Gasteiger charge is 2.39. The summed E-state index contributed by atoms with van der Waals surface area (Å²) in [6, 6.07) is 16.1. The highest BCUT2D eigenvalue weighted by molar-refractivity contribution is 7.15. The van der Waals surface area contributed by atoms with Gasteiger partial charge in [-0.1, -0.05) is 42.5 Å². The molecule has 2 aromatic carbocycles. The Labute approximate surface area is 184 Å². The van der Waals surface area contributed by atoms with E-state index in [1.807, 2.05) is 38.1 Å². The molecule has 0 aliphatic carbocycles. The van der Waals surface area contributed by atoms with Crippen LogP contribution in [0.1, 0.15) is 16.1 Å². The summed E-state index contributed by atoms with van der Waals surface area (Å²) in [6.45, 7) is 4.19. The second-order valence-electron chi connectivity index (χ2n) is 7.31. The van der Waals surface area contributed by atoms with Crippen LogP contribution in [-0.2, 0) is 16.1 Å². The predicted molar refractivity (Wildman–Crippen MR) is 120 cm³/mol. The highest BCUT2D eigenvalue weighted by atomic mass is 32.1. The molecule has 1 atom stereocenters. The van der Waals surface area contributed by atoms with Crippen molar-refractivity contribution < 1.29 is 14.4 Å². The van der Waals surface area contributed by atoms with Crippen molar-refractivity contribution >= 4 is 34.9 Å². The van der Waals surface area contributed by atoms with Crippen molar-refractivity contribution in [2.24, 2.45) is 5.92 Å². The number of aryl methyl sites for hydroxylation is 2. The Hall–Kier alpha value is -3.52. The molecular formula is C23H22N4O3S. The number of nitrogens with zero attached hydrogens (tertiary/aromatic N) is 2. The van der Waals surface area contributed by atoms with Gasteiger partial charge in [-0.2, -0.15) is 0 Å². The smallest absolute Gasteiger partial charge is 0.328 e. The molecule has 0 bridgehead atoms. The standard InChI is InChI=1S/C23H22N4O3S/c1-14-8-6-7-11-17(14)21-26-15(2)19(31-21)13-24-20(28)18-12-25-23(30)27(22(18)29)16-9-4-3-5-10-16/h3-11,18H,12-13H2,1-2H3,(H,24,28)(H,25,30). The number of thiazole rings is 1. The third-order valence-corrected chi connectivity index (χ3v) is 6.39. The Bertz CT molecular complexity index is 1140. The first-order valence-electron chi connectivity index (χ1n) is 9.92. The maximum Gasteiger partial charge on any atom is 0.328 e. The van der Waals surface area contributed by atoms with Crippen LogP contribution in [0.25, 0.3) is 10.6 Å². The molecule has 0 saturated carbocycles. The van der Waals surface area contributed by atoms with Crippen LogP contribution in [0.4, 0.5) is 10.5 Å². The second-order valence-corrected chi connectivity index (χ2v) is 8.39. The Morgan fingerprint density at radius 2 is 1.84 bits per heavy atom. The third kappa shape index (κ3) is 4.20. The SMILES string of the molecule is Cc1ccccc1-c1nc(C)c(CNC(=O)C2CNC(=O)N(c3ccccc3)C2=O)s1. The van der Waals surface area contributed by atoms with Crippen LogP contribution in [-0.4, -0.2) is 29.4 Å². The van der Waals surface area contributed by atoms with Crippen molar-refractivity contribution in [2.75, 3.05) is 11.4 Å². The largest absolute Gasteiger partial charge is 0.350 e. The van der Waals surface area contributed by atoms with Crippen LogP contribution < -0.4 is 15.5 Å². The Balaban J connectivity index is 1.46. The number of carbonyl (C=O) groups excluding carboxylic acids is 3. The summed E-state index contributed by atoms with van der Waals surface area (Å²) in [7, 11) is 0. The number of nitrogens with one attached hydrogen (secondary N) is 2. The number of imide groups is 1. The zero-order valence-electron chi connectivity index (χ0n) is 17.2. The molecule has 158 valence electrons. The lowest BCUT2D eigenvalue weighted by Crippen LogP contribution is -2.58. The first-order valence-corrected chi connectivity index (χ1v) is 10.7. The normalized spacial score (nSPS) is 16.2. The molecule has 7 nitrogen and oxygen atoms in total. The Morgan fingerprint density at radius 1 is 1.13 bits per heavy atom. The first kappa shape index (κ1) is 20.7. The summed E-state index contributed by atoms with van der Waals surface area (Å²) in [5, 5.41) is 6.37. The van der Waals surface area contributed by atoms with Crippen molar-refractivity contribution in [3.05, 3.63) is 70.7 Å². The fraction of sp³-hybridized carbons (Fsp3) is 0.217. The number of hydrogen-bond acceptors (Lipinski definition) is 5. The summed E-state index contributed by atoms with van der Waals surface area (Å²) in [6.07, 6.45) is 0. The quantitative estimate of drug-likeness (QED) is 0.602. The maximum atomic E-state index is 12.9. The summed E-state index contributed by atoms with van der Waals surface area (Å²) in [5.74, 6) is -1.94. The van der Waals surface area contributed by atoms with Gasteiger partial charge in [0.1, 0.15) is 10.9 Å². The van der Waals surface area contributed by atoms with Gasteiger partial charge in [0.25, 0.3) is 0 Å². The molecule has 1 aliphatic heterocycles. The predicted octanol–water partition coefficient (Wildman–Crippen LogP) is 3.42. The van der Waals surface area contributed by atoms with E-state index < -0.39 is 23.8 Å². The van der Waals surface area contributed by atoms with E-state index in [-0.39, 0.29) is 13.1 Å². The molecule has 4 amide bonds. The number of urea groups is 1. The van der Waals surface area contributed by atoms with Crippen LogP contribution in [0.2, 0.25) is 0 Å². The molecule has 0 spiro atoms. The number of aromatic nitrogens is 1. The van der Waals surface area contributed by atoms with Gasteiger partial charge in [-0.3, -0.25) is 9.59 Å². The second kappa shape index (κ2) is 8.69. The average Bonchev–Trinajstić information content (AvgIpc) is 3.13. The number of para-hydroxylation sites is 1. The van der Waals surface area contributed by atoms with Gasteiger partial charge in [-0.15, -0.1) is 11.3 Å². The molecule has 1 saturated heterocycles. The van der Waals surface area contributed by atoms with Crippen molar-refractivity contribution in [2.45, 2.75) is 20.4 Å². The number of benzene rings is 2. The van der Waals surface area contributed by atoms with E-state index in [1.54, 1.807) is 30.3 Å². The number of rotatable bonds is 5. The Morgan fingerprint density at radius 3 is 2.58 bits per heavy atom. The summed E-state index contributed by atoms with van der Waals surface area (Å²) in [4.78, 5) is 44.5. The molecule has 1 aromatic heterocycles. The molecule has 1 fully saturated rings. The van der Waals surface area contributed by atoms with Gasteiger partial charge in [0.2, 0.25) is 11.8 Å². The van der Waals surface area contributed by atoms with Crippen LogP contribution in [0.5, 0.6) is 0 Å². The summed E-state index contributed by atoms with van der Waals surface area (Å²) < 4.78 is 0. The van der Waals surface area contributed by atoms with Crippen LogP contribution >= 0.6 is 11.3 Å². The number of amides is 4. The highest BCUT2D eigenvalue weighted by Crippen LogP contribution is 2.30. The minimum atomic E-state index is -0.984. The van der Waals surface area contributed by atoms with Gasteiger partial charge in [-0.05, 0) is 31.5 Å². The topological polar surface area (TPSA) is 91.4 Å². The molecule has 1 aliphatic rings. The Kier molecular flexibility index (Phi) is 5.81. The molecule has 2 heterocycles. The fourth-order valence-electron chi connectivity index (χ4n) is 3.45. The van der Waals surface area contributed by atoms with Crippen LogP contribution in [0, 0.1) is 19.8 Å². The molecule has 4 rings (SSSR count). The lowest BCUT2D eigenvalue weighted by Gasteiger charge is -2.30. The molecule has 31 heavy (non-hydrogen) atoms. The van der Waals surface area contributed by atoms with E-state index in [9.17, 15) is 14.4 Å². The lowest BCUT2D eigenvalue weighted by atomic mass is 10.0. The molecule has 0 radical (unpaired) electrons. The minimum Gasteiger partial charge on any atom is -0.350 e. The number of hydrogen-bond donors (Lipinski definition) is 2. The van der Waals surface area contributed by atoms with Gasteiger partial charge < -0.3 is 10.6 Å². The lowest BCUT2D eigenvalue weighted by molar-refractivity contribution is -0.133. The monoisotopic (exact) mass is 434 g/mol. The van der Waals surface area contributed by atoms with E-state index in [4.69, 9.17) is 0 Å². The minimum absolute atomic E-state index is 0.0248. The first-order chi connectivity index (χ1) is 15.0. The molecule has 3 aromatic rings. The average molecular weight is 435 g/mol. The molecular weight excluding hydrogens is 412 g/mol. The van der Waals surface area contributed by atoms with Gasteiger partial charge in [0, 0.05) is 17.0 Å². The van der Waals surface area contributed by atoms with Gasteiger partial charge in [0.05, 0.1) is 17.9 Å². The van der Waals surface area contributed by atoms with Crippen molar-refractivity contribution in [3.63, 3.8) is 0 Å². The van der Waals surface area contributed by atoms with Crippen molar-refractivity contribution in [1.29, 1.82) is 0 Å². The van der Waals surface area contributed by atoms with E-state index in [0.29, 0.717) is 5.69 Å². The van der Waals surface area contributed by atoms with E-state index in [2.05, 4.69) is 15.6 Å². The third-order valence-electron chi connectivity index (χ3n) is 5.20. The van der Waals surface area contributed by atoms with Crippen molar-refractivity contribution in [1.82, 2.24) is 15.6 Å². The number of carbonyl (C=O) groups is 3. The van der Waals surface area contributed by atoms with Gasteiger partial charge >= 0.3 is 6.03 Å².